The molecule has 28 heavy (non-hydrogen) atoms. The molecule has 2 aliphatic heterocycles. The van der Waals surface area contributed by atoms with Gasteiger partial charge in [-0.2, -0.15) is 0 Å². The molecule has 1 aromatic heterocycles. The quantitative estimate of drug-likeness (QED) is 0.725. The van der Waals surface area contributed by atoms with Gasteiger partial charge in [0, 0.05) is 48.8 Å². The molecule has 4 rings (SSSR count). The van der Waals surface area contributed by atoms with Gasteiger partial charge in [-0.15, -0.1) is 10.2 Å². The molecule has 2 saturated heterocycles. The predicted molar refractivity (Wildman–Crippen MR) is 115 cm³/mol. The van der Waals surface area contributed by atoms with Gasteiger partial charge in [0.05, 0.1) is 0 Å². The van der Waals surface area contributed by atoms with Crippen LogP contribution >= 0.6 is 15.9 Å². The first-order valence-corrected chi connectivity index (χ1v) is 10.8. The Bertz CT molecular complexity index is 820. The first-order valence-electron chi connectivity index (χ1n) is 10.0. The fourth-order valence-corrected chi connectivity index (χ4v) is 4.42. The van der Waals surface area contributed by atoms with E-state index in [9.17, 15) is 4.79 Å². The summed E-state index contributed by atoms with van der Waals surface area (Å²) in [6.07, 6.45) is 3.74. The number of amides is 1. The summed E-state index contributed by atoms with van der Waals surface area (Å²) >= 11 is 3.44. The molecule has 7 heteroatoms. The molecule has 1 aromatic carbocycles. The maximum Gasteiger partial charge on any atom is 0.254 e. The largest absolute Gasteiger partial charge is 0.352 e. The third-order valence-corrected chi connectivity index (χ3v) is 6.19. The SMILES string of the molecule is CC1CCCCN1c1ccc(N2CCN(C(=O)c3cccc(Br)c3)CC2)nn1. The van der Waals surface area contributed by atoms with Crippen molar-refractivity contribution in [2.45, 2.75) is 32.2 Å². The van der Waals surface area contributed by atoms with Gasteiger partial charge in [-0.3, -0.25) is 4.79 Å². The fraction of sp³-hybridized carbons (Fsp3) is 0.476. The predicted octanol–water partition coefficient (Wildman–Crippen LogP) is 3.58. The van der Waals surface area contributed by atoms with E-state index < -0.39 is 0 Å². The highest BCUT2D eigenvalue weighted by Gasteiger charge is 2.24. The molecule has 148 valence electrons. The molecule has 2 aromatic rings. The summed E-state index contributed by atoms with van der Waals surface area (Å²) in [5, 5.41) is 8.96. The van der Waals surface area contributed by atoms with Crippen LogP contribution in [-0.4, -0.2) is 59.8 Å². The molecule has 0 N–H and O–H groups in total. The number of hydrogen-bond acceptors (Lipinski definition) is 5. The first kappa shape index (κ1) is 19.2. The van der Waals surface area contributed by atoms with Crippen molar-refractivity contribution in [1.82, 2.24) is 15.1 Å². The minimum atomic E-state index is 0.0847. The summed E-state index contributed by atoms with van der Waals surface area (Å²) in [5.41, 5.74) is 0.725. The lowest BCUT2D eigenvalue weighted by Crippen LogP contribution is -2.49. The third-order valence-electron chi connectivity index (χ3n) is 5.70. The Labute approximate surface area is 174 Å². The minimum Gasteiger partial charge on any atom is -0.352 e. The number of aromatic nitrogens is 2. The van der Waals surface area contributed by atoms with E-state index in [-0.39, 0.29) is 5.91 Å². The maximum atomic E-state index is 12.7. The number of nitrogens with zero attached hydrogens (tertiary/aromatic N) is 5. The highest BCUT2D eigenvalue weighted by atomic mass is 79.9. The molecule has 1 amide bonds. The number of carbonyl (C=O) groups excluding carboxylic acids is 1. The number of rotatable bonds is 3. The van der Waals surface area contributed by atoms with Crippen LogP contribution in [0.25, 0.3) is 0 Å². The number of anilines is 2. The van der Waals surface area contributed by atoms with Crippen LogP contribution in [0.1, 0.15) is 36.5 Å². The standard InChI is InChI=1S/C21H26BrN5O/c1-16-5-2-3-10-27(16)20-9-8-19(23-24-20)25-11-13-26(14-12-25)21(28)17-6-4-7-18(22)15-17/h4,6-9,15-16H,2-3,5,10-14H2,1H3. The van der Waals surface area contributed by atoms with Crippen molar-refractivity contribution in [3.63, 3.8) is 0 Å². The second kappa shape index (κ2) is 8.47. The zero-order valence-electron chi connectivity index (χ0n) is 16.2. The van der Waals surface area contributed by atoms with Gasteiger partial charge in [-0.25, -0.2) is 0 Å². The number of halogens is 1. The smallest absolute Gasteiger partial charge is 0.254 e. The molecule has 0 bridgehead atoms. The van der Waals surface area contributed by atoms with Crippen LogP contribution < -0.4 is 9.80 Å². The third kappa shape index (κ3) is 4.14. The van der Waals surface area contributed by atoms with Gasteiger partial charge in [-0.05, 0) is 56.5 Å². The zero-order valence-corrected chi connectivity index (χ0v) is 17.8. The number of piperazine rings is 1. The first-order chi connectivity index (χ1) is 13.6. The van der Waals surface area contributed by atoms with Crippen LogP contribution in [0.3, 0.4) is 0 Å². The molecule has 2 fully saturated rings. The van der Waals surface area contributed by atoms with Gasteiger partial charge in [-0.1, -0.05) is 22.0 Å². The Balaban J connectivity index is 1.36. The number of carbonyl (C=O) groups is 1. The van der Waals surface area contributed by atoms with Crippen molar-refractivity contribution < 1.29 is 4.79 Å². The second-order valence-corrected chi connectivity index (χ2v) is 8.49. The Hall–Kier alpha value is -2.15. The average Bonchev–Trinajstić information content (AvgIpc) is 2.74. The lowest BCUT2D eigenvalue weighted by Gasteiger charge is -2.36. The second-order valence-electron chi connectivity index (χ2n) is 7.58. The van der Waals surface area contributed by atoms with Crippen molar-refractivity contribution in [2.75, 3.05) is 42.5 Å². The van der Waals surface area contributed by atoms with Crippen molar-refractivity contribution >= 4 is 33.5 Å². The van der Waals surface area contributed by atoms with E-state index in [1.807, 2.05) is 29.2 Å². The van der Waals surface area contributed by atoms with E-state index >= 15 is 0 Å². The van der Waals surface area contributed by atoms with Gasteiger partial charge >= 0.3 is 0 Å². The van der Waals surface area contributed by atoms with E-state index in [0.29, 0.717) is 19.1 Å². The van der Waals surface area contributed by atoms with E-state index in [2.05, 4.69) is 55.0 Å². The molecular formula is C21H26BrN5O. The molecule has 1 unspecified atom stereocenters. The molecule has 1 atom stereocenters. The Kier molecular flexibility index (Phi) is 5.80. The Morgan fingerprint density at radius 1 is 1.00 bits per heavy atom. The molecule has 6 nitrogen and oxygen atoms in total. The van der Waals surface area contributed by atoms with Gasteiger partial charge in [0.15, 0.2) is 11.6 Å². The topological polar surface area (TPSA) is 52.6 Å². The number of piperidine rings is 1. The number of benzene rings is 1. The van der Waals surface area contributed by atoms with Gasteiger partial charge < -0.3 is 14.7 Å². The van der Waals surface area contributed by atoms with E-state index in [1.54, 1.807) is 0 Å². The van der Waals surface area contributed by atoms with Gasteiger partial charge in [0.25, 0.3) is 5.91 Å². The summed E-state index contributed by atoms with van der Waals surface area (Å²) < 4.78 is 0.926. The normalized spacial score (nSPS) is 20.4. The lowest BCUT2D eigenvalue weighted by molar-refractivity contribution is 0.0746. The van der Waals surface area contributed by atoms with Crippen LogP contribution in [-0.2, 0) is 0 Å². The van der Waals surface area contributed by atoms with Crippen LogP contribution in [0, 0.1) is 0 Å². The molecule has 0 aliphatic carbocycles. The van der Waals surface area contributed by atoms with Crippen LogP contribution in [0.5, 0.6) is 0 Å². The highest BCUT2D eigenvalue weighted by Crippen LogP contribution is 2.24. The molecule has 0 radical (unpaired) electrons. The summed E-state index contributed by atoms with van der Waals surface area (Å²) in [4.78, 5) is 19.2. The Morgan fingerprint density at radius 2 is 1.75 bits per heavy atom. The summed E-state index contributed by atoms with van der Waals surface area (Å²) in [6, 6.07) is 12.3. The van der Waals surface area contributed by atoms with Gasteiger partial charge in [0.1, 0.15) is 0 Å². The fourth-order valence-electron chi connectivity index (χ4n) is 4.02. The molecular weight excluding hydrogens is 418 g/mol. The molecule has 2 aliphatic rings. The maximum absolute atomic E-state index is 12.7. The summed E-state index contributed by atoms with van der Waals surface area (Å²) in [6.45, 7) is 6.25. The van der Waals surface area contributed by atoms with E-state index in [0.717, 1.165) is 41.3 Å². The van der Waals surface area contributed by atoms with Crippen LogP contribution in [0.15, 0.2) is 40.9 Å². The number of hydrogen-bond donors (Lipinski definition) is 0. The molecule has 0 saturated carbocycles. The van der Waals surface area contributed by atoms with Crippen molar-refractivity contribution in [1.29, 1.82) is 0 Å². The zero-order chi connectivity index (χ0) is 19.5. The molecule has 3 heterocycles. The van der Waals surface area contributed by atoms with Crippen molar-refractivity contribution in [2.24, 2.45) is 0 Å². The van der Waals surface area contributed by atoms with Gasteiger partial charge in [0.2, 0.25) is 0 Å². The Morgan fingerprint density at radius 3 is 2.43 bits per heavy atom. The van der Waals surface area contributed by atoms with Crippen molar-refractivity contribution in [3.05, 3.63) is 46.4 Å². The minimum absolute atomic E-state index is 0.0847. The average molecular weight is 444 g/mol. The highest BCUT2D eigenvalue weighted by molar-refractivity contribution is 9.10. The summed E-state index contributed by atoms with van der Waals surface area (Å²) in [5.74, 6) is 1.95. The van der Waals surface area contributed by atoms with Crippen LogP contribution in [0.4, 0.5) is 11.6 Å². The lowest BCUT2D eigenvalue weighted by atomic mass is 10.0. The molecule has 0 spiro atoms. The van der Waals surface area contributed by atoms with Crippen molar-refractivity contribution in [3.8, 4) is 0 Å². The summed E-state index contributed by atoms with van der Waals surface area (Å²) in [7, 11) is 0. The van der Waals surface area contributed by atoms with E-state index in [1.165, 1.54) is 19.3 Å². The van der Waals surface area contributed by atoms with E-state index in [4.69, 9.17) is 0 Å². The van der Waals surface area contributed by atoms with Crippen LogP contribution in [0.2, 0.25) is 0 Å². The monoisotopic (exact) mass is 443 g/mol.